The molecule has 150 valence electrons. The van der Waals surface area contributed by atoms with E-state index in [1.54, 1.807) is 0 Å². The minimum absolute atomic E-state index is 0.175. The third kappa shape index (κ3) is 3.82. The van der Waals surface area contributed by atoms with Gasteiger partial charge >= 0.3 is 0 Å². The fourth-order valence-corrected chi connectivity index (χ4v) is 4.10. The molecule has 0 saturated heterocycles. The molecule has 3 nitrogen and oxygen atoms in total. The molecule has 0 saturated carbocycles. The van der Waals surface area contributed by atoms with E-state index in [4.69, 9.17) is 0 Å². The van der Waals surface area contributed by atoms with Crippen molar-refractivity contribution in [3.63, 3.8) is 0 Å². The number of nitrogens with zero attached hydrogens (tertiary/aromatic N) is 3. The number of benzene rings is 2. The van der Waals surface area contributed by atoms with Gasteiger partial charge < -0.3 is 9.80 Å². The Morgan fingerprint density at radius 1 is 0.933 bits per heavy atom. The molecule has 1 unspecified atom stereocenters. The number of hydrogen-bond donors (Lipinski definition) is 0. The molecule has 1 atom stereocenters. The molecule has 0 N–H and O–H groups in total. The maximum Gasteiger partial charge on any atom is 0.101 e. The van der Waals surface area contributed by atoms with E-state index >= 15 is 0 Å². The Morgan fingerprint density at radius 2 is 1.63 bits per heavy atom. The van der Waals surface area contributed by atoms with Crippen molar-refractivity contribution in [3.8, 4) is 6.07 Å². The van der Waals surface area contributed by atoms with Gasteiger partial charge in [0.1, 0.15) is 6.07 Å². The standard InChI is InChI=1S/C27H27N3/c1-20(2)25-9-5-7-11-27(25)29-15-12-22(13-16-29)23-14-17-30(21(3)18-23)26-10-6-4-8-24(26)19-28/h4-15,17-18,20-21H,16H2,1-3H3. The molecule has 0 bridgehead atoms. The Hall–Kier alpha value is -3.51. The summed E-state index contributed by atoms with van der Waals surface area (Å²) in [4.78, 5) is 4.46. The van der Waals surface area contributed by atoms with E-state index in [0.29, 0.717) is 11.5 Å². The molecule has 0 spiro atoms. The van der Waals surface area contributed by atoms with Crippen LogP contribution >= 0.6 is 0 Å². The van der Waals surface area contributed by atoms with Crippen molar-refractivity contribution in [2.45, 2.75) is 32.7 Å². The van der Waals surface area contributed by atoms with Gasteiger partial charge in [-0.3, -0.25) is 0 Å². The van der Waals surface area contributed by atoms with E-state index < -0.39 is 0 Å². The van der Waals surface area contributed by atoms with E-state index in [-0.39, 0.29) is 6.04 Å². The molecule has 2 aliphatic rings. The zero-order valence-corrected chi connectivity index (χ0v) is 17.8. The topological polar surface area (TPSA) is 30.3 Å². The quantitative estimate of drug-likeness (QED) is 0.611. The lowest BCUT2D eigenvalue weighted by molar-refractivity contribution is 0.838. The van der Waals surface area contributed by atoms with Crippen LogP contribution in [0.2, 0.25) is 0 Å². The highest BCUT2D eigenvalue weighted by atomic mass is 15.1. The zero-order valence-electron chi connectivity index (χ0n) is 17.8. The van der Waals surface area contributed by atoms with Crippen LogP contribution in [0, 0.1) is 11.3 Å². The summed E-state index contributed by atoms with van der Waals surface area (Å²) in [6.07, 6.45) is 13.2. The molecule has 2 heterocycles. The summed E-state index contributed by atoms with van der Waals surface area (Å²) < 4.78 is 0. The molecule has 4 rings (SSSR count). The van der Waals surface area contributed by atoms with Gasteiger partial charge in [-0.1, -0.05) is 56.3 Å². The van der Waals surface area contributed by atoms with Crippen LogP contribution in [0.25, 0.3) is 0 Å². The van der Waals surface area contributed by atoms with Crippen LogP contribution in [-0.4, -0.2) is 12.6 Å². The van der Waals surface area contributed by atoms with Gasteiger partial charge in [0.2, 0.25) is 0 Å². The van der Waals surface area contributed by atoms with E-state index in [1.807, 2.05) is 24.3 Å². The van der Waals surface area contributed by atoms with Crippen LogP contribution < -0.4 is 9.80 Å². The van der Waals surface area contributed by atoms with Crippen LogP contribution in [0.4, 0.5) is 11.4 Å². The first kappa shape index (κ1) is 19.8. The average Bonchev–Trinajstić information content (AvgIpc) is 2.79. The van der Waals surface area contributed by atoms with Gasteiger partial charge in [-0.2, -0.15) is 5.26 Å². The van der Waals surface area contributed by atoms with Crippen molar-refractivity contribution in [1.82, 2.24) is 0 Å². The highest BCUT2D eigenvalue weighted by Crippen LogP contribution is 2.32. The molecular weight excluding hydrogens is 366 g/mol. The van der Waals surface area contributed by atoms with E-state index in [0.717, 1.165) is 12.2 Å². The molecule has 0 aromatic heterocycles. The maximum absolute atomic E-state index is 9.42. The summed E-state index contributed by atoms with van der Waals surface area (Å²) >= 11 is 0. The van der Waals surface area contributed by atoms with Gasteiger partial charge in [-0.25, -0.2) is 0 Å². The van der Waals surface area contributed by atoms with Gasteiger partial charge in [-0.05, 0) is 59.9 Å². The summed E-state index contributed by atoms with van der Waals surface area (Å²) in [7, 11) is 0. The number of para-hydroxylation sites is 2. The molecule has 0 radical (unpaired) electrons. The van der Waals surface area contributed by atoms with Crippen molar-refractivity contribution in [2.75, 3.05) is 16.3 Å². The smallest absolute Gasteiger partial charge is 0.101 e. The zero-order chi connectivity index (χ0) is 21.1. The van der Waals surface area contributed by atoms with Gasteiger partial charge in [0.05, 0.1) is 11.3 Å². The Bertz CT molecular complexity index is 1100. The second-order valence-electron chi connectivity index (χ2n) is 8.06. The highest BCUT2D eigenvalue weighted by molar-refractivity contribution is 5.66. The summed E-state index contributed by atoms with van der Waals surface area (Å²) in [6, 6.07) is 18.9. The average molecular weight is 394 g/mol. The number of rotatable bonds is 4. The molecule has 2 aromatic rings. The molecule has 3 heteroatoms. The lowest BCUT2D eigenvalue weighted by Gasteiger charge is -2.31. The Balaban J connectivity index is 1.52. The lowest BCUT2D eigenvalue weighted by atomic mass is 9.96. The van der Waals surface area contributed by atoms with Gasteiger partial charge in [0.15, 0.2) is 0 Å². The summed E-state index contributed by atoms with van der Waals surface area (Å²) in [5.41, 5.74) is 6.76. The predicted molar refractivity (Wildman–Crippen MR) is 125 cm³/mol. The number of hydrogen-bond acceptors (Lipinski definition) is 3. The second-order valence-corrected chi connectivity index (χ2v) is 8.06. The molecule has 0 fully saturated rings. The number of allylic oxidation sites excluding steroid dienone is 4. The normalized spacial score (nSPS) is 18.3. The van der Waals surface area contributed by atoms with Gasteiger partial charge in [-0.15, -0.1) is 0 Å². The van der Waals surface area contributed by atoms with Crippen LogP contribution in [0.15, 0.2) is 96.4 Å². The minimum Gasteiger partial charge on any atom is -0.344 e. The molecule has 0 amide bonds. The summed E-state index contributed by atoms with van der Waals surface area (Å²) in [5, 5.41) is 9.42. The van der Waals surface area contributed by atoms with Crippen molar-refractivity contribution in [2.24, 2.45) is 0 Å². The first-order chi connectivity index (χ1) is 14.6. The second kappa shape index (κ2) is 8.47. The fraction of sp³-hybridized carbons (Fsp3) is 0.222. The van der Waals surface area contributed by atoms with Crippen LogP contribution in [-0.2, 0) is 0 Å². The Labute approximate surface area is 179 Å². The Kier molecular flexibility index (Phi) is 5.59. The molecule has 2 aliphatic heterocycles. The SMILES string of the molecule is CC(C)c1ccccc1N1C=CC(C2=CC(C)N(c3ccccc3C#N)C=C2)=CC1. The third-order valence-corrected chi connectivity index (χ3v) is 5.72. The molecule has 2 aromatic carbocycles. The molecule has 0 aliphatic carbocycles. The highest BCUT2D eigenvalue weighted by Gasteiger charge is 2.19. The largest absolute Gasteiger partial charge is 0.344 e. The van der Waals surface area contributed by atoms with Crippen LogP contribution in [0.3, 0.4) is 0 Å². The predicted octanol–water partition coefficient (Wildman–Crippen LogP) is 6.29. The number of nitriles is 1. The van der Waals surface area contributed by atoms with E-state index in [2.05, 4.69) is 97.6 Å². The fourth-order valence-electron chi connectivity index (χ4n) is 4.10. The lowest BCUT2D eigenvalue weighted by Crippen LogP contribution is -2.29. The molecule has 30 heavy (non-hydrogen) atoms. The minimum atomic E-state index is 0.175. The first-order valence-electron chi connectivity index (χ1n) is 10.5. The van der Waals surface area contributed by atoms with E-state index in [1.165, 1.54) is 22.4 Å². The van der Waals surface area contributed by atoms with Crippen molar-refractivity contribution in [3.05, 3.63) is 108 Å². The van der Waals surface area contributed by atoms with Crippen molar-refractivity contribution in [1.29, 1.82) is 5.26 Å². The Morgan fingerprint density at radius 3 is 2.30 bits per heavy atom. The maximum atomic E-state index is 9.42. The van der Waals surface area contributed by atoms with Gasteiger partial charge in [0, 0.05) is 30.7 Å². The first-order valence-corrected chi connectivity index (χ1v) is 10.5. The summed E-state index contributed by atoms with van der Waals surface area (Å²) in [5.74, 6) is 0.493. The van der Waals surface area contributed by atoms with Crippen LogP contribution in [0.1, 0.15) is 37.8 Å². The van der Waals surface area contributed by atoms with Crippen LogP contribution in [0.5, 0.6) is 0 Å². The summed E-state index contributed by atoms with van der Waals surface area (Å²) in [6.45, 7) is 7.50. The third-order valence-electron chi connectivity index (χ3n) is 5.72. The molecular formula is C27H27N3. The van der Waals surface area contributed by atoms with Crippen molar-refractivity contribution < 1.29 is 0 Å². The van der Waals surface area contributed by atoms with E-state index in [9.17, 15) is 5.26 Å². The monoisotopic (exact) mass is 393 g/mol. The van der Waals surface area contributed by atoms with Crippen molar-refractivity contribution >= 4 is 11.4 Å². The van der Waals surface area contributed by atoms with Gasteiger partial charge in [0.25, 0.3) is 0 Å². The number of anilines is 2.